The lowest BCUT2D eigenvalue weighted by Gasteiger charge is -2.18. The number of rotatable bonds is 11. The van der Waals surface area contributed by atoms with E-state index in [2.05, 4.69) is 9.97 Å². The number of aliphatic hydroxyl groups excluding tert-OH is 2. The molecule has 2 heterocycles. The Balaban J connectivity index is 1.71. The van der Waals surface area contributed by atoms with Crippen molar-refractivity contribution in [3.05, 3.63) is 79.0 Å². The lowest BCUT2D eigenvalue weighted by Crippen LogP contribution is -2.23. The molecule has 0 fully saturated rings. The van der Waals surface area contributed by atoms with E-state index in [9.17, 15) is 19.4 Å². The predicted molar refractivity (Wildman–Crippen MR) is 137 cm³/mol. The Labute approximate surface area is 214 Å². The van der Waals surface area contributed by atoms with Crippen molar-refractivity contribution in [2.75, 3.05) is 6.61 Å². The first-order chi connectivity index (χ1) is 18.0. The molecule has 0 radical (unpaired) electrons. The SMILES string of the molecule is CCOC(=O)C[C@@H](O)C[C@@H](O)CCn1c(-c2ccccc2)nc(-c2ccncn2)c1-c1ccc(F)cc1. The van der Waals surface area contributed by atoms with Crippen molar-refractivity contribution in [1.82, 2.24) is 19.5 Å². The van der Waals surface area contributed by atoms with Gasteiger partial charge in [0.25, 0.3) is 0 Å². The fraction of sp³-hybridized carbons (Fsp3) is 0.286. The number of benzene rings is 2. The van der Waals surface area contributed by atoms with Crippen LogP contribution in [0.25, 0.3) is 34.0 Å². The summed E-state index contributed by atoms with van der Waals surface area (Å²) in [4.78, 5) is 25.0. The average Bonchev–Trinajstić information content (AvgIpc) is 3.28. The molecule has 0 saturated heterocycles. The molecule has 0 amide bonds. The van der Waals surface area contributed by atoms with Gasteiger partial charge in [0.15, 0.2) is 0 Å². The molecule has 4 rings (SSSR count). The van der Waals surface area contributed by atoms with Crippen LogP contribution >= 0.6 is 0 Å². The zero-order valence-electron chi connectivity index (χ0n) is 20.5. The summed E-state index contributed by atoms with van der Waals surface area (Å²) in [6.07, 6.45) is 1.32. The van der Waals surface area contributed by atoms with E-state index in [-0.39, 0.29) is 31.7 Å². The van der Waals surface area contributed by atoms with E-state index >= 15 is 0 Å². The van der Waals surface area contributed by atoms with E-state index in [0.717, 1.165) is 16.8 Å². The van der Waals surface area contributed by atoms with E-state index in [1.165, 1.54) is 18.5 Å². The standard InChI is InChI=1S/C28H29FN4O4/c1-2-37-25(36)17-23(35)16-22(34)13-15-33-27(19-8-10-21(29)11-9-19)26(24-12-14-30-18-31-24)32-28(33)20-6-4-3-5-7-20/h3-12,14,18,22-23,34-35H,2,13,15-17H2,1H3/t22-,23-/m0/s1. The van der Waals surface area contributed by atoms with Crippen molar-refractivity contribution in [2.24, 2.45) is 0 Å². The monoisotopic (exact) mass is 504 g/mol. The Morgan fingerprint density at radius 3 is 2.46 bits per heavy atom. The lowest BCUT2D eigenvalue weighted by molar-refractivity contribution is -0.145. The molecule has 2 atom stereocenters. The quantitative estimate of drug-likeness (QED) is 0.294. The van der Waals surface area contributed by atoms with E-state index in [1.54, 1.807) is 31.3 Å². The summed E-state index contributed by atoms with van der Waals surface area (Å²) in [5.74, 6) is -0.197. The molecule has 2 N–H and O–H groups in total. The Morgan fingerprint density at radius 2 is 1.78 bits per heavy atom. The first-order valence-corrected chi connectivity index (χ1v) is 12.2. The van der Waals surface area contributed by atoms with Crippen LogP contribution in [0.4, 0.5) is 4.39 Å². The van der Waals surface area contributed by atoms with Crippen molar-refractivity contribution in [3.8, 4) is 34.0 Å². The van der Waals surface area contributed by atoms with Crippen LogP contribution in [0.3, 0.4) is 0 Å². The Hall–Kier alpha value is -3.95. The number of hydrogen-bond donors (Lipinski definition) is 2. The minimum Gasteiger partial charge on any atom is -0.466 e. The van der Waals surface area contributed by atoms with Crippen molar-refractivity contribution in [1.29, 1.82) is 0 Å². The summed E-state index contributed by atoms with van der Waals surface area (Å²) < 4.78 is 20.6. The van der Waals surface area contributed by atoms with Gasteiger partial charge in [-0.2, -0.15) is 0 Å². The highest BCUT2D eigenvalue weighted by molar-refractivity contribution is 5.80. The van der Waals surface area contributed by atoms with Gasteiger partial charge in [-0.15, -0.1) is 0 Å². The van der Waals surface area contributed by atoms with Gasteiger partial charge in [-0.25, -0.2) is 19.3 Å². The molecule has 4 aromatic rings. The average molecular weight is 505 g/mol. The summed E-state index contributed by atoms with van der Waals surface area (Å²) in [5, 5.41) is 20.9. The molecule has 0 bridgehead atoms. The van der Waals surface area contributed by atoms with Crippen LogP contribution in [0.15, 0.2) is 73.2 Å². The number of hydrogen-bond acceptors (Lipinski definition) is 7. The number of carbonyl (C=O) groups excluding carboxylic acids is 1. The molecule has 192 valence electrons. The fourth-order valence-electron chi connectivity index (χ4n) is 4.19. The molecule has 0 saturated carbocycles. The Morgan fingerprint density at radius 1 is 1.03 bits per heavy atom. The van der Waals surface area contributed by atoms with Gasteiger partial charge in [-0.3, -0.25) is 4.79 Å². The Bertz CT molecular complexity index is 1300. The third kappa shape index (κ3) is 6.63. The van der Waals surface area contributed by atoms with Gasteiger partial charge in [0, 0.05) is 23.9 Å². The maximum Gasteiger partial charge on any atom is 0.308 e. The zero-order valence-corrected chi connectivity index (χ0v) is 20.5. The number of halogens is 1. The van der Waals surface area contributed by atoms with E-state index < -0.39 is 18.2 Å². The van der Waals surface area contributed by atoms with Gasteiger partial charge in [0.1, 0.15) is 23.7 Å². The molecule has 2 aromatic carbocycles. The number of carbonyl (C=O) groups is 1. The van der Waals surface area contributed by atoms with Crippen molar-refractivity contribution in [3.63, 3.8) is 0 Å². The second-order valence-electron chi connectivity index (χ2n) is 8.59. The Kier molecular flexibility index (Phi) is 8.71. The largest absolute Gasteiger partial charge is 0.466 e. The topological polar surface area (TPSA) is 110 Å². The van der Waals surface area contributed by atoms with Gasteiger partial charge in [0.05, 0.1) is 36.6 Å². The smallest absolute Gasteiger partial charge is 0.308 e. The van der Waals surface area contributed by atoms with Gasteiger partial charge < -0.3 is 19.5 Å². The molecule has 2 aromatic heterocycles. The lowest BCUT2D eigenvalue weighted by atomic mass is 10.1. The summed E-state index contributed by atoms with van der Waals surface area (Å²) in [6.45, 7) is 2.28. The van der Waals surface area contributed by atoms with Crippen LogP contribution in [-0.4, -0.2) is 54.5 Å². The van der Waals surface area contributed by atoms with E-state index in [0.29, 0.717) is 23.8 Å². The summed E-state index contributed by atoms with van der Waals surface area (Å²) >= 11 is 0. The number of imidazole rings is 1. The van der Waals surface area contributed by atoms with E-state index in [1.807, 2.05) is 34.9 Å². The molecule has 8 nitrogen and oxygen atoms in total. The first kappa shape index (κ1) is 26.1. The van der Waals surface area contributed by atoms with Gasteiger partial charge in [-0.05, 0) is 50.1 Å². The van der Waals surface area contributed by atoms with Gasteiger partial charge in [-0.1, -0.05) is 30.3 Å². The number of nitrogens with zero attached hydrogens (tertiary/aromatic N) is 4. The number of esters is 1. The highest BCUT2D eigenvalue weighted by Gasteiger charge is 2.23. The second-order valence-corrected chi connectivity index (χ2v) is 8.59. The highest BCUT2D eigenvalue weighted by atomic mass is 19.1. The third-order valence-corrected chi connectivity index (χ3v) is 5.88. The zero-order chi connectivity index (χ0) is 26.2. The third-order valence-electron chi connectivity index (χ3n) is 5.88. The number of ether oxygens (including phenoxy) is 1. The van der Waals surface area contributed by atoms with Crippen LogP contribution in [0.2, 0.25) is 0 Å². The maximum atomic E-state index is 13.8. The van der Waals surface area contributed by atoms with Crippen molar-refractivity contribution in [2.45, 2.75) is 44.9 Å². The van der Waals surface area contributed by atoms with Crippen LogP contribution in [-0.2, 0) is 16.1 Å². The van der Waals surface area contributed by atoms with Crippen LogP contribution in [0.1, 0.15) is 26.2 Å². The second kappa shape index (κ2) is 12.3. The normalized spacial score (nSPS) is 12.8. The first-order valence-electron chi connectivity index (χ1n) is 12.2. The molecule has 0 unspecified atom stereocenters. The predicted octanol–water partition coefficient (Wildman–Crippen LogP) is 4.27. The molecule has 0 aliphatic heterocycles. The summed E-state index contributed by atoms with van der Waals surface area (Å²) in [7, 11) is 0. The molecule has 0 aliphatic carbocycles. The minimum absolute atomic E-state index is 0.0266. The van der Waals surface area contributed by atoms with Crippen molar-refractivity contribution >= 4 is 5.97 Å². The van der Waals surface area contributed by atoms with Crippen LogP contribution < -0.4 is 0 Å². The van der Waals surface area contributed by atoms with Crippen LogP contribution in [0, 0.1) is 5.82 Å². The maximum absolute atomic E-state index is 13.8. The molecular formula is C28H29FN4O4. The molecule has 9 heteroatoms. The van der Waals surface area contributed by atoms with Gasteiger partial charge in [0.2, 0.25) is 0 Å². The van der Waals surface area contributed by atoms with E-state index in [4.69, 9.17) is 9.72 Å². The molecular weight excluding hydrogens is 475 g/mol. The number of aromatic nitrogens is 4. The minimum atomic E-state index is -1.02. The van der Waals surface area contributed by atoms with Crippen LogP contribution in [0.5, 0.6) is 0 Å². The highest BCUT2D eigenvalue weighted by Crippen LogP contribution is 2.36. The molecule has 0 aliphatic rings. The van der Waals surface area contributed by atoms with Crippen molar-refractivity contribution < 1.29 is 24.1 Å². The summed E-state index contributed by atoms with van der Waals surface area (Å²) in [6, 6.07) is 17.5. The number of aliphatic hydroxyl groups is 2. The fourth-order valence-corrected chi connectivity index (χ4v) is 4.19. The summed E-state index contributed by atoms with van der Waals surface area (Å²) in [5.41, 5.74) is 3.53. The molecule has 37 heavy (non-hydrogen) atoms. The van der Waals surface area contributed by atoms with Gasteiger partial charge >= 0.3 is 5.97 Å². The molecule has 0 spiro atoms.